The van der Waals surface area contributed by atoms with Gasteiger partial charge < -0.3 is 0 Å². The molecule has 3 unspecified atom stereocenters. The van der Waals surface area contributed by atoms with Crippen molar-refractivity contribution in [3.05, 3.63) is 0 Å². The van der Waals surface area contributed by atoms with E-state index in [9.17, 15) is 4.79 Å². The largest absolute Gasteiger partial charge is 0.299 e. The van der Waals surface area contributed by atoms with E-state index < -0.39 is 0 Å². The summed E-state index contributed by atoms with van der Waals surface area (Å²) in [5, 5.41) is 0. The lowest BCUT2D eigenvalue weighted by Gasteiger charge is -2.23. The first-order valence-electron chi connectivity index (χ1n) is 7.85. The average molecular weight is 234 g/mol. The third-order valence-corrected chi connectivity index (χ3v) is 5.66. The molecule has 0 aromatic heterocycles. The van der Waals surface area contributed by atoms with E-state index in [1.54, 1.807) is 0 Å². The Balaban J connectivity index is 1.52. The van der Waals surface area contributed by atoms with Gasteiger partial charge >= 0.3 is 0 Å². The molecular formula is C16H26O. The van der Waals surface area contributed by atoms with E-state index in [1.165, 1.54) is 64.2 Å². The summed E-state index contributed by atoms with van der Waals surface area (Å²) in [6, 6.07) is 0. The van der Waals surface area contributed by atoms with Gasteiger partial charge in [0.25, 0.3) is 0 Å². The van der Waals surface area contributed by atoms with Crippen molar-refractivity contribution >= 4 is 5.78 Å². The normalized spacial score (nSPS) is 38.2. The lowest BCUT2D eigenvalue weighted by atomic mass is 9.81. The van der Waals surface area contributed by atoms with Gasteiger partial charge in [-0.15, -0.1) is 0 Å². The maximum Gasteiger partial charge on any atom is 0.136 e. The van der Waals surface area contributed by atoms with Crippen LogP contribution in [0.15, 0.2) is 0 Å². The number of fused-ring (bicyclic) bond motifs is 2. The van der Waals surface area contributed by atoms with Crippen LogP contribution in [-0.2, 0) is 4.79 Å². The summed E-state index contributed by atoms with van der Waals surface area (Å²) in [6.45, 7) is 0. The van der Waals surface area contributed by atoms with Crippen LogP contribution in [-0.4, -0.2) is 5.78 Å². The molecule has 3 aliphatic carbocycles. The summed E-state index contributed by atoms with van der Waals surface area (Å²) in [5.74, 6) is 3.77. The maximum atomic E-state index is 12.4. The lowest BCUT2D eigenvalue weighted by molar-refractivity contribution is -0.124. The molecule has 96 valence electrons. The second-order valence-electron chi connectivity index (χ2n) is 6.79. The fraction of sp³-hybridized carbons (Fsp3) is 0.938. The second-order valence-corrected chi connectivity index (χ2v) is 6.79. The Bertz CT molecular complexity index is 275. The van der Waals surface area contributed by atoms with Crippen molar-refractivity contribution in [3.63, 3.8) is 0 Å². The second kappa shape index (κ2) is 5.12. The predicted molar refractivity (Wildman–Crippen MR) is 69.8 cm³/mol. The van der Waals surface area contributed by atoms with Crippen LogP contribution in [0.2, 0.25) is 0 Å². The number of Topliss-reactive ketones (excluding diaryl/α,β-unsaturated/α-hetero) is 1. The molecular weight excluding hydrogens is 208 g/mol. The third-order valence-electron chi connectivity index (χ3n) is 5.66. The number of carbonyl (C=O) groups excluding carboxylic acids is 1. The highest BCUT2D eigenvalue weighted by atomic mass is 16.1. The Hall–Kier alpha value is -0.330. The Morgan fingerprint density at radius 3 is 2.24 bits per heavy atom. The van der Waals surface area contributed by atoms with E-state index in [2.05, 4.69) is 0 Å². The van der Waals surface area contributed by atoms with Gasteiger partial charge in [-0.25, -0.2) is 0 Å². The molecule has 0 saturated heterocycles. The Kier molecular flexibility index (Phi) is 3.54. The summed E-state index contributed by atoms with van der Waals surface area (Å²) < 4.78 is 0. The highest BCUT2D eigenvalue weighted by molar-refractivity contribution is 5.81. The minimum absolute atomic E-state index is 0.441. The molecule has 0 N–H and O–H groups in total. The van der Waals surface area contributed by atoms with Gasteiger partial charge in [-0.3, -0.25) is 4.79 Å². The van der Waals surface area contributed by atoms with Gasteiger partial charge in [0.05, 0.1) is 0 Å². The number of carbonyl (C=O) groups is 1. The number of hydrogen-bond acceptors (Lipinski definition) is 1. The molecule has 0 aliphatic heterocycles. The molecule has 0 aromatic rings. The van der Waals surface area contributed by atoms with Crippen LogP contribution in [0.5, 0.6) is 0 Å². The first-order valence-corrected chi connectivity index (χ1v) is 7.85. The van der Waals surface area contributed by atoms with Gasteiger partial charge in [0, 0.05) is 12.3 Å². The summed E-state index contributed by atoms with van der Waals surface area (Å²) in [5.41, 5.74) is 0. The van der Waals surface area contributed by atoms with Crippen molar-refractivity contribution in [2.45, 2.75) is 70.6 Å². The molecule has 3 aliphatic rings. The first-order chi connectivity index (χ1) is 8.33. The van der Waals surface area contributed by atoms with Crippen molar-refractivity contribution in [1.82, 2.24) is 0 Å². The minimum Gasteiger partial charge on any atom is -0.299 e. The van der Waals surface area contributed by atoms with Gasteiger partial charge in [-0.05, 0) is 49.9 Å². The molecule has 0 spiro atoms. The summed E-state index contributed by atoms with van der Waals surface area (Å²) in [7, 11) is 0. The predicted octanol–water partition coefficient (Wildman–Crippen LogP) is 4.35. The molecule has 0 amide bonds. The molecule has 3 fully saturated rings. The Morgan fingerprint density at radius 2 is 1.65 bits per heavy atom. The minimum atomic E-state index is 0.441. The van der Waals surface area contributed by atoms with Crippen LogP contribution in [0.4, 0.5) is 0 Å². The van der Waals surface area contributed by atoms with E-state index in [4.69, 9.17) is 0 Å². The zero-order valence-electron chi connectivity index (χ0n) is 11.0. The molecule has 17 heavy (non-hydrogen) atoms. The Morgan fingerprint density at radius 1 is 0.882 bits per heavy atom. The van der Waals surface area contributed by atoms with Crippen LogP contribution in [0.25, 0.3) is 0 Å². The smallest absolute Gasteiger partial charge is 0.136 e. The summed E-state index contributed by atoms with van der Waals surface area (Å²) in [4.78, 5) is 12.4. The van der Waals surface area contributed by atoms with Crippen molar-refractivity contribution in [3.8, 4) is 0 Å². The van der Waals surface area contributed by atoms with E-state index in [-0.39, 0.29) is 0 Å². The van der Waals surface area contributed by atoms with Gasteiger partial charge in [0.15, 0.2) is 0 Å². The highest BCUT2D eigenvalue weighted by Gasteiger charge is 2.40. The topological polar surface area (TPSA) is 17.1 Å². The number of rotatable bonds is 3. The molecule has 3 rings (SSSR count). The van der Waals surface area contributed by atoms with Gasteiger partial charge in [-0.1, -0.05) is 32.1 Å². The first kappa shape index (κ1) is 11.7. The molecule has 1 heteroatoms. The SMILES string of the molecule is O=C(CC1CC2CCC1C2)C1CCCCCC1. The molecule has 2 bridgehead atoms. The van der Waals surface area contributed by atoms with Crippen LogP contribution >= 0.6 is 0 Å². The third kappa shape index (κ3) is 2.58. The number of hydrogen-bond donors (Lipinski definition) is 0. The average Bonchev–Trinajstić information content (AvgIpc) is 2.82. The van der Waals surface area contributed by atoms with Crippen molar-refractivity contribution in [2.24, 2.45) is 23.7 Å². The van der Waals surface area contributed by atoms with Gasteiger partial charge in [0.2, 0.25) is 0 Å². The van der Waals surface area contributed by atoms with E-state index in [0.717, 1.165) is 24.2 Å². The van der Waals surface area contributed by atoms with Crippen LogP contribution in [0, 0.1) is 23.7 Å². The van der Waals surface area contributed by atoms with E-state index >= 15 is 0 Å². The van der Waals surface area contributed by atoms with Crippen molar-refractivity contribution in [2.75, 3.05) is 0 Å². The van der Waals surface area contributed by atoms with Crippen molar-refractivity contribution in [1.29, 1.82) is 0 Å². The van der Waals surface area contributed by atoms with Crippen LogP contribution in [0.1, 0.15) is 70.6 Å². The zero-order valence-corrected chi connectivity index (χ0v) is 11.0. The highest BCUT2D eigenvalue weighted by Crippen LogP contribution is 2.50. The monoisotopic (exact) mass is 234 g/mol. The molecule has 3 atom stereocenters. The van der Waals surface area contributed by atoms with Gasteiger partial charge in [-0.2, -0.15) is 0 Å². The van der Waals surface area contributed by atoms with Gasteiger partial charge in [0.1, 0.15) is 5.78 Å². The lowest BCUT2D eigenvalue weighted by Crippen LogP contribution is -2.21. The summed E-state index contributed by atoms with van der Waals surface area (Å²) in [6.07, 6.45) is 14.3. The van der Waals surface area contributed by atoms with E-state index in [0.29, 0.717) is 11.7 Å². The maximum absolute atomic E-state index is 12.4. The van der Waals surface area contributed by atoms with Crippen LogP contribution < -0.4 is 0 Å². The zero-order chi connectivity index (χ0) is 11.7. The quantitative estimate of drug-likeness (QED) is 0.663. The van der Waals surface area contributed by atoms with Crippen LogP contribution in [0.3, 0.4) is 0 Å². The fourth-order valence-electron chi connectivity index (χ4n) is 4.65. The Labute approximate surface area is 105 Å². The molecule has 0 heterocycles. The molecule has 0 radical (unpaired) electrons. The fourth-order valence-corrected chi connectivity index (χ4v) is 4.65. The molecule has 3 saturated carbocycles. The standard InChI is InChI=1S/C16H26O/c17-16(13-5-3-1-2-4-6-13)11-15-10-12-7-8-14(15)9-12/h12-15H,1-11H2. The summed E-state index contributed by atoms with van der Waals surface area (Å²) >= 11 is 0. The molecule has 1 nitrogen and oxygen atoms in total. The molecule has 0 aromatic carbocycles. The van der Waals surface area contributed by atoms with Crippen molar-refractivity contribution < 1.29 is 4.79 Å². The number of ketones is 1. The van der Waals surface area contributed by atoms with E-state index in [1.807, 2.05) is 0 Å².